The predicted octanol–water partition coefficient (Wildman–Crippen LogP) is 1.09. The maximum Gasteiger partial charge on any atom is 0.299 e. The molecule has 0 amide bonds. The van der Waals surface area contributed by atoms with Crippen LogP contribution >= 0.6 is 0 Å². The first-order chi connectivity index (χ1) is 9.36. The number of non-ortho nitro benzene ring substituents is 1. The Bertz CT molecular complexity index is 546. The normalized spacial score (nSPS) is 11.7. The SMILES string of the molecule is CNC(CNc1ccc([N+](=O)[O-])cc1[N+](=O)[O-])C(C)=O. The number of nitro benzene ring substituents is 2. The van der Waals surface area contributed by atoms with E-state index in [-0.39, 0.29) is 23.7 Å². The number of hydrogen-bond donors (Lipinski definition) is 2. The average Bonchev–Trinajstić information content (AvgIpc) is 2.38. The molecule has 1 atom stereocenters. The topological polar surface area (TPSA) is 127 Å². The van der Waals surface area contributed by atoms with Gasteiger partial charge in [-0.25, -0.2) is 0 Å². The molecule has 108 valence electrons. The number of carbonyl (C=O) groups is 1. The molecule has 1 rings (SSSR count). The van der Waals surface area contributed by atoms with Crippen molar-refractivity contribution in [3.63, 3.8) is 0 Å². The summed E-state index contributed by atoms with van der Waals surface area (Å²) in [6, 6.07) is 2.80. The molecule has 0 radical (unpaired) electrons. The van der Waals surface area contributed by atoms with Gasteiger partial charge >= 0.3 is 0 Å². The molecular formula is C11H14N4O5. The highest BCUT2D eigenvalue weighted by molar-refractivity contribution is 5.82. The van der Waals surface area contributed by atoms with Crippen molar-refractivity contribution in [2.75, 3.05) is 18.9 Å². The molecule has 0 fully saturated rings. The summed E-state index contributed by atoms with van der Waals surface area (Å²) in [5.41, 5.74) is -0.640. The molecular weight excluding hydrogens is 268 g/mol. The van der Waals surface area contributed by atoms with Gasteiger partial charge in [0.15, 0.2) is 0 Å². The van der Waals surface area contributed by atoms with Crippen molar-refractivity contribution in [2.45, 2.75) is 13.0 Å². The fourth-order valence-corrected chi connectivity index (χ4v) is 1.60. The number of Topliss-reactive ketones (excluding diaryl/α,β-unsaturated/α-hetero) is 1. The Balaban J connectivity index is 2.97. The molecule has 0 heterocycles. The van der Waals surface area contributed by atoms with Crippen molar-refractivity contribution in [3.8, 4) is 0 Å². The van der Waals surface area contributed by atoms with E-state index in [1.165, 1.54) is 13.0 Å². The molecule has 0 spiro atoms. The summed E-state index contributed by atoms with van der Waals surface area (Å²) in [5.74, 6) is -0.121. The molecule has 0 aliphatic carbocycles. The van der Waals surface area contributed by atoms with Crippen molar-refractivity contribution < 1.29 is 14.6 Å². The van der Waals surface area contributed by atoms with E-state index < -0.39 is 21.6 Å². The zero-order valence-corrected chi connectivity index (χ0v) is 11.0. The highest BCUT2D eigenvalue weighted by atomic mass is 16.6. The van der Waals surface area contributed by atoms with Crippen LogP contribution in [-0.4, -0.2) is 35.3 Å². The van der Waals surface area contributed by atoms with Gasteiger partial charge in [-0.15, -0.1) is 0 Å². The number of nitrogens with zero attached hydrogens (tertiary/aromatic N) is 2. The summed E-state index contributed by atoms with van der Waals surface area (Å²) in [4.78, 5) is 31.3. The molecule has 1 aromatic rings. The van der Waals surface area contributed by atoms with Crippen LogP contribution in [0.5, 0.6) is 0 Å². The monoisotopic (exact) mass is 282 g/mol. The highest BCUT2D eigenvalue weighted by Gasteiger charge is 2.20. The van der Waals surface area contributed by atoms with Crippen molar-refractivity contribution in [1.82, 2.24) is 5.32 Å². The second-order valence-corrected chi connectivity index (χ2v) is 4.05. The molecule has 0 saturated carbocycles. The first-order valence-electron chi connectivity index (χ1n) is 5.71. The van der Waals surface area contributed by atoms with E-state index in [4.69, 9.17) is 0 Å². The van der Waals surface area contributed by atoms with E-state index in [2.05, 4.69) is 10.6 Å². The summed E-state index contributed by atoms with van der Waals surface area (Å²) in [6.07, 6.45) is 0. The molecule has 0 aliphatic heterocycles. The summed E-state index contributed by atoms with van der Waals surface area (Å²) in [7, 11) is 1.60. The van der Waals surface area contributed by atoms with Crippen LogP contribution in [-0.2, 0) is 4.79 Å². The third-order valence-corrected chi connectivity index (χ3v) is 2.72. The number of nitro groups is 2. The fourth-order valence-electron chi connectivity index (χ4n) is 1.60. The van der Waals surface area contributed by atoms with Crippen LogP contribution in [0.3, 0.4) is 0 Å². The van der Waals surface area contributed by atoms with E-state index in [1.54, 1.807) is 7.05 Å². The van der Waals surface area contributed by atoms with Crippen molar-refractivity contribution >= 4 is 22.8 Å². The van der Waals surface area contributed by atoms with Gasteiger partial charge < -0.3 is 10.6 Å². The molecule has 1 unspecified atom stereocenters. The van der Waals surface area contributed by atoms with Gasteiger partial charge in [0.25, 0.3) is 11.4 Å². The smallest absolute Gasteiger partial charge is 0.299 e. The zero-order chi connectivity index (χ0) is 15.3. The van der Waals surface area contributed by atoms with Crippen LogP contribution in [0, 0.1) is 20.2 Å². The minimum Gasteiger partial charge on any atom is -0.377 e. The van der Waals surface area contributed by atoms with Gasteiger partial charge in [0.05, 0.1) is 22.0 Å². The maximum atomic E-state index is 11.2. The molecule has 0 bridgehead atoms. The lowest BCUT2D eigenvalue weighted by atomic mass is 10.2. The van der Waals surface area contributed by atoms with Gasteiger partial charge in [0.1, 0.15) is 11.5 Å². The third-order valence-electron chi connectivity index (χ3n) is 2.72. The zero-order valence-electron chi connectivity index (χ0n) is 11.0. The summed E-state index contributed by atoms with van der Waals surface area (Å²) < 4.78 is 0. The molecule has 2 N–H and O–H groups in total. The lowest BCUT2D eigenvalue weighted by Gasteiger charge is -2.14. The minimum absolute atomic E-state index is 0.121. The summed E-state index contributed by atoms with van der Waals surface area (Å²) in [5, 5.41) is 27.0. The molecule has 9 nitrogen and oxygen atoms in total. The Hall–Kier alpha value is -2.55. The number of carbonyl (C=O) groups excluding carboxylic acids is 1. The maximum absolute atomic E-state index is 11.2. The van der Waals surface area contributed by atoms with E-state index in [0.717, 1.165) is 12.1 Å². The number of rotatable bonds is 7. The van der Waals surface area contributed by atoms with Crippen LogP contribution in [0.1, 0.15) is 6.92 Å². The third kappa shape index (κ3) is 3.72. The van der Waals surface area contributed by atoms with Crippen LogP contribution < -0.4 is 10.6 Å². The Morgan fingerprint density at radius 2 is 1.95 bits per heavy atom. The van der Waals surface area contributed by atoms with E-state index >= 15 is 0 Å². The van der Waals surface area contributed by atoms with Gasteiger partial charge in [0.2, 0.25) is 0 Å². The Kier molecular flexibility index (Phi) is 5.09. The summed E-state index contributed by atoms with van der Waals surface area (Å²) in [6.45, 7) is 1.54. The minimum atomic E-state index is -0.711. The van der Waals surface area contributed by atoms with Crippen LogP contribution in [0.15, 0.2) is 18.2 Å². The van der Waals surface area contributed by atoms with Crippen LogP contribution in [0.2, 0.25) is 0 Å². The quantitative estimate of drug-likeness (QED) is 0.566. The number of likely N-dealkylation sites (N-methyl/N-ethyl adjacent to an activating group) is 1. The average molecular weight is 282 g/mol. The fraction of sp³-hybridized carbons (Fsp3) is 0.364. The number of benzene rings is 1. The molecule has 0 aromatic heterocycles. The highest BCUT2D eigenvalue weighted by Crippen LogP contribution is 2.28. The van der Waals surface area contributed by atoms with E-state index in [1.807, 2.05) is 0 Å². The molecule has 0 aliphatic rings. The first kappa shape index (κ1) is 15.5. The van der Waals surface area contributed by atoms with Crippen molar-refractivity contribution in [3.05, 3.63) is 38.4 Å². The lowest BCUT2D eigenvalue weighted by molar-refractivity contribution is -0.393. The van der Waals surface area contributed by atoms with Crippen LogP contribution in [0.25, 0.3) is 0 Å². The lowest BCUT2D eigenvalue weighted by Crippen LogP contribution is -2.38. The second-order valence-electron chi connectivity index (χ2n) is 4.05. The summed E-state index contributed by atoms with van der Waals surface area (Å²) >= 11 is 0. The largest absolute Gasteiger partial charge is 0.377 e. The molecule has 9 heteroatoms. The van der Waals surface area contributed by atoms with Crippen LogP contribution in [0.4, 0.5) is 17.1 Å². The van der Waals surface area contributed by atoms with Gasteiger partial charge in [-0.05, 0) is 20.0 Å². The first-order valence-corrected chi connectivity index (χ1v) is 5.71. The number of hydrogen-bond acceptors (Lipinski definition) is 7. The van der Waals surface area contributed by atoms with Crippen molar-refractivity contribution in [1.29, 1.82) is 0 Å². The Morgan fingerprint density at radius 1 is 1.30 bits per heavy atom. The molecule has 1 aromatic carbocycles. The number of anilines is 1. The second kappa shape index (κ2) is 6.57. The Labute approximate surface area is 114 Å². The number of nitrogens with one attached hydrogen (secondary N) is 2. The molecule has 0 saturated heterocycles. The molecule has 20 heavy (non-hydrogen) atoms. The predicted molar refractivity (Wildman–Crippen MR) is 71.8 cm³/mol. The number of ketones is 1. The standard InChI is InChI=1S/C11H14N4O5/c1-7(16)10(12-2)6-13-9-4-3-8(14(17)18)5-11(9)15(19)20/h3-5,10,12-13H,6H2,1-2H3. The Morgan fingerprint density at radius 3 is 2.40 bits per heavy atom. The van der Waals surface area contributed by atoms with Gasteiger partial charge in [-0.2, -0.15) is 0 Å². The van der Waals surface area contributed by atoms with E-state index in [9.17, 15) is 25.0 Å². The van der Waals surface area contributed by atoms with E-state index in [0.29, 0.717) is 0 Å². The van der Waals surface area contributed by atoms with Gasteiger partial charge in [-0.1, -0.05) is 0 Å². The van der Waals surface area contributed by atoms with Crippen molar-refractivity contribution in [2.24, 2.45) is 0 Å². The van der Waals surface area contributed by atoms with Gasteiger partial charge in [0, 0.05) is 12.6 Å². The van der Waals surface area contributed by atoms with Gasteiger partial charge in [-0.3, -0.25) is 25.0 Å².